The summed E-state index contributed by atoms with van der Waals surface area (Å²) in [6, 6.07) is 10.9. The van der Waals surface area contributed by atoms with Gasteiger partial charge in [-0.3, -0.25) is 4.90 Å². The van der Waals surface area contributed by atoms with Crippen LogP contribution in [0.5, 0.6) is 0 Å². The van der Waals surface area contributed by atoms with Crippen LogP contribution in [0.25, 0.3) is 0 Å². The first-order valence-corrected chi connectivity index (χ1v) is 9.42. The molecule has 1 aliphatic carbocycles. The van der Waals surface area contributed by atoms with E-state index in [4.69, 9.17) is 4.74 Å². The molecule has 0 atom stereocenters. The molecule has 1 saturated carbocycles. The third-order valence-corrected chi connectivity index (χ3v) is 5.46. The van der Waals surface area contributed by atoms with Gasteiger partial charge in [-0.25, -0.2) is 4.79 Å². The summed E-state index contributed by atoms with van der Waals surface area (Å²) in [7, 11) is 1.91. The van der Waals surface area contributed by atoms with Gasteiger partial charge in [-0.05, 0) is 44.1 Å². The minimum absolute atomic E-state index is 0.122. The van der Waals surface area contributed by atoms with Crippen LogP contribution in [0.2, 0.25) is 0 Å². The summed E-state index contributed by atoms with van der Waals surface area (Å²) in [6.45, 7) is 3.09. The first kappa shape index (κ1) is 17.3. The number of nitrogens with zero attached hydrogens (tertiary/aromatic N) is 2. The highest BCUT2D eigenvalue weighted by Crippen LogP contribution is 2.23. The van der Waals surface area contributed by atoms with Crippen LogP contribution in [0.4, 0.5) is 4.79 Å². The van der Waals surface area contributed by atoms with E-state index in [1.807, 2.05) is 11.9 Å². The molecule has 4 nitrogen and oxygen atoms in total. The van der Waals surface area contributed by atoms with Crippen molar-refractivity contribution in [3.8, 4) is 0 Å². The van der Waals surface area contributed by atoms with Gasteiger partial charge in [0.2, 0.25) is 0 Å². The van der Waals surface area contributed by atoms with Crippen LogP contribution in [0.3, 0.4) is 0 Å². The maximum absolute atomic E-state index is 12.4. The van der Waals surface area contributed by atoms with E-state index in [1.54, 1.807) is 0 Å². The van der Waals surface area contributed by atoms with Crippen molar-refractivity contribution in [2.75, 3.05) is 20.1 Å². The van der Waals surface area contributed by atoms with Crippen molar-refractivity contribution in [1.82, 2.24) is 9.80 Å². The molecule has 4 heteroatoms. The summed E-state index contributed by atoms with van der Waals surface area (Å²) in [4.78, 5) is 16.7. The van der Waals surface area contributed by atoms with Crippen molar-refractivity contribution in [2.45, 2.75) is 63.6 Å². The van der Waals surface area contributed by atoms with E-state index in [0.717, 1.165) is 45.3 Å². The number of carbonyl (C=O) groups is 1. The molecule has 0 aromatic heterocycles. The van der Waals surface area contributed by atoms with Crippen molar-refractivity contribution in [3.05, 3.63) is 35.9 Å². The molecule has 24 heavy (non-hydrogen) atoms. The van der Waals surface area contributed by atoms with Gasteiger partial charge in [0, 0.05) is 32.7 Å². The number of likely N-dealkylation sites (tertiary alicyclic amines) is 1. The van der Waals surface area contributed by atoms with Gasteiger partial charge in [0.1, 0.15) is 6.10 Å². The predicted octanol–water partition coefficient (Wildman–Crippen LogP) is 4.05. The number of hydrogen-bond donors (Lipinski definition) is 0. The molecular weight excluding hydrogens is 300 g/mol. The Bertz CT molecular complexity index is 506. The van der Waals surface area contributed by atoms with Crippen molar-refractivity contribution in [3.63, 3.8) is 0 Å². The number of carbonyl (C=O) groups excluding carboxylic acids is 1. The zero-order valence-electron chi connectivity index (χ0n) is 14.8. The Morgan fingerprint density at radius 1 is 1.08 bits per heavy atom. The molecule has 0 radical (unpaired) electrons. The average molecular weight is 330 g/mol. The molecule has 1 amide bonds. The molecule has 0 spiro atoms. The Balaban J connectivity index is 1.42. The van der Waals surface area contributed by atoms with Crippen LogP contribution in [0, 0.1) is 0 Å². The number of amides is 1. The summed E-state index contributed by atoms with van der Waals surface area (Å²) in [6.07, 6.45) is 7.83. The van der Waals surface area contributed by atoms with Gasteiger partial charge in [-0.1, -0.05) is 36.8 Å². The molecule has 1 aromatic rings. The summed E-state index contributed by atoms with van der Waals surface area (Å²) in [5.41, 5.74) is 1.36. The van der Waals surface area contributed by atoms with Crippen LogP contribution in [-0.4, -0.2) is 48.2 Å². The average Bonchev–Trinajstić information content (AvgIpc) is 2.63. The lowest BCUT2D eigenvalue weighted by atomic mass is 9.98. The standard InChI is InChI=1S/C20H30N2O2/c1-21(20(23)24-19-10-6-3-7-11-19)18-12-14-22(15-13-18)16-17-8-4-2-5-9-17/h2,4-5,8-9,18-19H,3,6-7,10-16H2,1H3. The predicted molar refractivity (Wildman–Crippen MR) is 95.9 cm³/mol. The van der Waals surface area contributed by atoms with E-state index in [1.165, 1.54) is 24.8 Å². The molecule has 1 heterocycles. The summed E-state index contributed by atoms with van der Waals surface area (Å²) < 4.78 is 5.70. The number of piperidine rings is 1. The number of rotatable bonds is 4. The second-order valence-corrected chi connectivity index (χ2v) is 7.25. The third-order valence-electron chi connectivity index (χ3n) is 5.46. The van der Waals surface area contributed by atoms with Gasteiger partial charge in [-0.15, -0.1) is 0 Å². The van der Waals surface area contributed by atoms with Gasteiger partial charge < -0.3 is 9.64 Å². The van der Waals surface area contributed by atoms with Crippen LogP contribution >= 0.6 is 0 Å². The minimum Gasteiger partial charge on any atom is -0.446 e. The smallest absolute Gasteiger partial charge is 0.410 e. The SMILES string of the molecule is CN(C(=O)OC1CCCCC1)C1CCN(Cc2ccccc2)CC1. The second-order valence-electron chi connectivity index (χ2n) is 7.25. The first-order chi connectivity index (χ1) is 11.7. The van der Waals surface area contributed by atoms with Crippen molar-refractivity contribution < 1.29 is 9.53 Å². The second kappa shape index (κ2) is 8.52. The quantitative estimate of drug-likeness (QED) is 0.835. The number of benzene rings is 1. The zero-order chi connectivity index (χ0) is 16.8. The maximum Gasteiger partial charge on any atom is 0.410 e. The molecule has 1 aliphatic heterocycles. The minimum atomic E-state index is -0.122. The highest BCUT2D eigenvalue weighted by atomic mass is 16.6. The van der Waals surface area contributed by atoms with Gasteiger partial charge in [0.25, 0.3) is 0 Å². The van der Waals surface area contributed by atoms with E-state index < -0.39 is 0 Å². The topological polar surface area (TPSA) is 32.8 Å². The van der Waals surface area contributed by atoms with Crippen molar-refractivity contribution in [2.24, 2.45) is 0 Å². The Morgan fingerprint density at radius 3 is 2.42 bits per heavy atom. The lowest BCUT2D eigenvalue weighted by Crippen LogP contribution is -2.46. The Labute approximate surface area is 145 Å². The van der Waals surface area contributed by atoms with Crippen LogP contribution in [0.1, 0.15) is 50.5 Å². The van der Waals surface area contributed by atoms with Crippen LogP contribution < -0.4 is 0 Å². The van der Waals surface area contributed by atoms with E-state index in [-0.39, 0.29) is 12.2 Å². The fraction of sp³-hybridized carbons (Fsp3) is 0.650. The number of ether oxygens (including phenoxy) is 1. The normalized spacial score (nSPS) is 20.7. The molecule has 2 aliphatic rings. The fourth-order valence-electron chi connectivity index (χ4n) is 3.86. The highest BCUT2D eigenvalue weighted by Gasteiger charge is 2.28. The maximum atomic E-state index is 12.4. The highest BCUT2D eigenvalue weighted by molar-refractivity contribution is 5.67. The molecule has 1 saturated heterocycles. The van der Waals surface area contributed by atoms with Gasteiger partial charge >= 0.3 is 6.09 Å². The Hall–Kier alpha value is -1.55. The Morgan fingerprint density at radius 2 is 1.75 bits per heavy atom. The molecule has 0 unspecified atom stereocenters. The van der Waals surface area contributed by atoms with E-state index >= 15 is 0 Å². The van der Waals surface area contributed by atoms with Crippen molar-refractivity contribution in [1.29, 1.82) is 0 Å². The summed E-state index contributed by atoms with van der Waals surface area (Å²) in [5, 5.41) is 0. The van der Waals surface area contributed by atoms with Crippen LogP contribution in [-0.2, 0) is 11.3 Å². The van der Waals surface area contributed by atoms with E-state index in [0.29, 0.717) is 6.04 Å². The van der Waals surface area contributed by atoms with Gasteiger partial charge in [0.05, 0.1) is 0 Å². The monoisotopic (exact) mass is 330 g/mol. The zero-order valence-corrected chi connectivity index (χ0v) is 14.8. The molecule has 132 valence electrons. The number of hydrogen-bond acceptors (Lipinski definition) is 3. The summed E-state index contributed by atoms with van der Waals surface area (Å²) >= 11 is 0. The molecule has 1 aromatic carbocycles. The van der Waals surface area contributed by atoms with Gasteiger partial charge in [0.15, 0.2) is 0 Å². The Kier molecular flexibility index (Phi) is 6.13. The molecule has 3 rings (SSSR count). The molecular formula is C20H30N2O2. The first-order valence-electron chi connectivity index (χ1n) is 9.42. The fourth-order valence-corrected chi connectivity index (χ4v) is 3.86. The van der Waals surface area contributed by atoms with Gasteiger partial charge in [-0.2, -0.15) is 0 Å². The van der Waals surface area contributed by atoms with E-state index in [9.17, 15) is 4.79 Å². The largest absolute Gasteiger partial charge is 0.446 e. The third kappa shape index (κ3) is 4.73. The summed E-state index contributed by atoms with van der Waals surface area (Å²) in [5.74, 6) is 0. The lowest BCUT2D eigenvalue weighted by molar-refractivity contribution is 0.0332. The lowest BCUT2D eigenvalue weighted by Gasteiger charge is -2.37. The molecule has 0 bridgehead atoms. The van der Waals surface area contributed by atoms with Crippen molar-refractivity contribution >= 4 is 6.09 Å². The molecule has 2 fully saturated rings. The van der Waals surface area contributed by atoms with E-state index in [2.05, 4.69) is 35.2 Å². The van der Waals surface area contributed by atoms with Crippen LogP contribution in [0.15, 0.2) is 30.3 Å². The molecule has 0 N–H and O–H groups in total.